The number of hydrogen-bond acceptors (Lipinski definition) is 7. The van der Waals surface area contributed by atoms with Gasteiger partial charge in [0.1, 0.15) is 11.4 Å². The molecule has 3 aromatic heterocycles. The second-order valence-electron chi connectivity index (χ2n) is 4.43. The molecule has 0 aliphatic rings. The maximum atomic E-state index is 5.59. The molecule has 104 valence electrons. The smallest absolute Gasteiger partial charge is 0.221 e. The minimum Gasteiger partial charge on any atom is -0.397 e. The van der Waals surface area contributed by atoms with Gasteiger partial charge >= 0.3 is 0 Å². The summed E-state index contributed by atoms with van der Waals surface area (Å²) in [6.45, 7) is 2.07. The van der Waals surface area contributed by atoms with Gasteiger partial charge in [-0.2, -0.15) is 0 Å². The van der Waals surface area contributed by atoms with Crippen LogP contribution >= 0.6 is 0 Å². The Kier molecular flexibility index (Phi) is 3.46. The summed E-state index contributed by atoms with van der Waals surface area (Å²) in [5.41, 5.74) is 8.54. The van der Waals surface area contributed by atoms with Crippen molar-refractivity contribution in [3.63, 3.8) is 0 Å². The topological polar surface area (TPSA) is 103 Å². The highest BCUT2D eigenvalue weighted by Crippen LogP contribution is 2.14. The minimum absolute atomic E-state index is 0.351. The molecule has 3 heterocycles. The molecule has 0 spiro atoms. The molecule has 3 aromatic rings. The SMILES string of the molecule is CCc1ccc(-c2nnc(-c3ccc(N)cn3)nn2)nc1. The molecule has 7 nitrogen and oxygen atoms in total. The van der Waals surface area contributed by atoms with Gasteiger partial charge in [-0.1, -0.05) is 13.0 Å². The largest absolute Gasteiger partial charge is 0.397 e. The highest BCUT2D eigenvalue weighted by molar-refractivity contribution is 5.52. The Hall–Kier alpha value is -2.96. The van der Waals surface area contributed by atoms with Crippen molar-refractivity contribution in [3.05, 3.63) is 42.2 Å². The predicted octanol–water partition coefficient (Wildman–Crippen LogP) is 1.54. The van der Waals surface area contributed by atoms with E-state index in [1.807, 2.05) is 12.1 Å². The van der Waals surface area contributed by atoms with Gasteiger partial charge in [0.2, 0.25) is 11.6 Å². The summed E-state index contributed by atoms with van der Waals surface area (Å²) in [4.78, 5) is 8.42. The van der Waals surface area contributed by atoms with Gasteiger partial charge in [0.05, 0.1) is 11.9 Å². The molecule has 0 aromatic carbocycles. The van der Waals surface area contributed by atoms with Crippen molar-refractivity contribution in [1.29, 1.82) is 0 Å². The van der Waals surface area contributed by atoms with Crippen molar-refractivity contribution in [3.8, 4) is 23.0 Å². The number of rotatable bonds is 3. The number of nitrogens with two attached hydrogens (primary N) is 1. The molecule has 7 heteroatoms. The second kappa shape index (κ2) is 5.58. The van der Waals surface area contributed by atoms with Crippen LogP contribution in [0.2, 0.25) is 0 Å². The van der Waals surface area contributed by atoms with Gasteiger partial charge < -0.3 is 5.73 Å². The second-order valence-corrected chi connectivity index (χ2v) is 4.43. The molecule has 0 atom stereocenters. The number of aromatic nitrogens is 6. The Morgan fingerprint density at radius 3 is 1.81 bits per heavy atom. The monoisotopic (exact) mass is 279 g/mol. The van der Waals surface area contributed by atoms with E-state index in [-0.39, 0.29) is 0 Å². The lowest BCUT2D eigenvalue weighted by molar-refractivity contribution is 0.864. The van der Waals surface area contributed by atoms with E-state index in [0.29, 0.717) is 28.7 Å². The average Bonchev–Trinajstić information content (AvgIpc) is 2.56. The maximum Gasteiger partial charge on any atom is 0.221 e. The van der Waals surface area contributed by atoms with Crippen LogP contribution in [0.15, 0.2) is 36.7 Å². The van der Waals surface area contributed by atoms with Gasteiger partial charge in [0.15, 0.2) is 0 Å². The summed E-state index contributed by atoms with van der Waals surface area (Å²) < 4.78 is 0. The Labute approximate surface area is 121 Å². The van der Waals surface area contributed by atoms with Gasteiger partial charge in [-0.25, -0.2) is 0 Å². The van der Waals surface area contributed by atoms with Crippen LogP contribution in [0.1, 0.15) is 12.5 Å². The molecular formula is C14H13N7. The molecule has 0 radical (unpaired) electrons. The summed E-state index contributed by atoms with van der Waals surface area (Å²) in [6.07, 6.45) is 4.28. The van der Waals surface area contributed by atoms with E-state index in [0.717, 1.165) is 12.0 Å². The van der Waals surface area contributed by atoms with Crippen molar-refractivity contribution >= 4 is 5.69 Å². The fourth-order valence-corrected chi connectivity index (χ4v) is 1.74. The van der Waals surface area contributed by atoms with Crippen molar-refractivity contribution in [2.24, 2.45) is 0 Å². The fourth-order valence-electron chi connectivity index (χ4n) is 1.74. The third-order valence-electron chi connectivity index (χ3n) is 2.96. The minimum atomic E-state index is 0.351. The number of aryl methyl sites for hydroxylation is 1. The average molecular weight is 279 g/mol. The molecule has 0 saturated heterocycles. The van der Waals surface area contributed by atoms with Crippen molar-refractivity contribution in [2.45, 2.75) is 13.3 Å². The first kappa shape index (κ1) is 13.0. The van der Waals surface area contributed by atoms with E-state index >= 15 is 0 Å². The number of nitrogens with zero attached hydrogens (tertiary/aromatic N) is 6. The molecule has 0 amide bonds. The number of pyridine rings is 2. The van der Waals surface area contributed by atoms with Crippen molar-refractivity contribution in [2.75, 3.05) is 5.73 Å². The zero-order valence-corrected chi connectivity index (χ0v) is 11.4. The van der Waals surface area contributed by atoms with Crippen LogP contribution in [-0.4, -0.2) is 30.4 Å². The first-order valence-electron chi connectivity index (χ1n) is 6.51. The summed E-state index contributed by atoms with van der Waals surface area (Å²) in [5, 5.41) is 16.2. The molecule has 0 fully saturated rings. The zero-order chi connectivity index (χ0) is 14.7. The molecule has 2 N–H and O–H groups in total. The first-order chi connectivity index (χ1) is 10.3. The lowest BCUT2D eigenvalue weighted by atomic mass is 10.2. The first-order valence-corrected chi connectivity index (χ1v) is 6.51. The van der Waals surface area contributed by atoms with Crippen LogP contribution in [0.5, 0.6) is 0 Å². The number of anilines is 1. The molecular weight excluding hydrogens is 266 g/mol. The van der Waals surface area contributed by atoms with E-state index in [9.17, 15) is 0 Å². The highest BCUT2D eigenvalue weighted by atomic mass is 15.3. The molecule has 21 heavy (non-hydrogen) atoms. The molecule has 0 bridgehead atoms. The Morgan fingerprint density at radius 1 is 0.810 bits per heavy atom. The number of nitrogen functional groups attached to an aromatic ring is 1. The van der Waals surface area contributed by atoms with E-state index in [2.05, 4.69) is 37.3 Å². The predicted molar refractivity (Wildman–Crippen MR) is 77.9 cm³/mol. The van der Waals surface area contributed by atoms with Crippen LogP contribution in [0.3, 0.4) is 0 Å². The molecule has 0 aliphatic carbocycles. The maximum absolute atomic E-state index is 5.59. The fraction of sp³-hybridized carbons (Fsp3) is 0.143. The number of hydrogen-bond donors (Lipinski definition) is 1. The lowest BCUT2D eigenvalue weighted by Crippen LogP contribution is -2.01. The Balaban J connectivity index is 1.87. The van der Waals surface area contributed by atoms with Crippen LogP contribution in [0.25, 0.3) is 23.0 Å². The van der Waals surface area contributed by atoms with Crippen LogP contribution in [-0.2, 0) is 6.42 Å². The third kappa shape index (κ3) is 2.81. The lowest BCUT2D eigenvalue weighted by Gasteiger charge is -2.01. The molecule has 0 saturated carbocycles. The third-order valence-corrected chi connectivity index (χ3v) is 2.96. The van der Waals surface area contributed by atoms with E-state index in [4.69, 9.17) is 5.73 Å². The van der Waals surface area contributed by atoms with E-state index < -0.39 is 0 Å². The van der Waals surface area contributed by atoms with E-state index in [1.165, 1.54) is 6.20 Å². The van der Waals surface area contributed by atoms with Gasteiger partial charge in [-0.05, 0) is 30.2 Å². The molecule has 0 aliphatic heterocycles. The van der Waals surface area contributed by atoms with Gasteiger partial charge in [0, 0.05) is 6.20 Å². The van der Waals surface area contributed by atoms with Gasteiger partial charge in [0.25, 0.3) is 0 Å². The standard InChI is InChI=1S/C14H13N7/c1-2-9-3-5-11(16-7-9)13-18-20-14(21-19-13)12-6-4-10(15)8-17-12/h3-8H,2,15H2,1H3. The molecule has 0 unspecified atom stereocenters. The summed E-state index contributed by atoms with van der Waals surface area (Å²) in [5.74, 6) is 0.737. The molecule has 3 rings (SSSR count). The Morgan fingerprint density at radius 2 is 1.38 bits per heavy atom. The summed E-state index contributed by atoms with van der Waals surface area (Å²) in [7, 11) is 0. The van der Waals surface area contributed by atoms with Gasteiger partial charge in [-0.15, -0.1) is 20.4 Å². The zero-order valence-electron chi connectivity index (χ0n) is 11.4. The van der Waals surface area contributed by atoms with Crippen molar-refractivity contribution in [1.82, 2.24) is 30.4 Å². The van der Waals surface area contributed by atoms with Crippen LogP contribution in [0.4, 0.5) is 5.69 Å². The Bertz CT molecular complexity index is 721. The van der Waals surface area contributed by atoms with Gasteiger partial charge in [-0.3, -0.25) is 9.97 Å². The highest BCUT2D eigenvalue weighted by Gasteiger charge is 2.08. The normalized spacial score (nSPS) is 10.5. The van der Waals surface area contributed by atoms with Crippen LogP contribution < -0.4 is 5.73 Å². The van der Waals surface area contributed by atoms with E-state index in [1.54, 1.807) is 18.3 Å². The summed E-state index contributed by atoms with van der Waals surface area (Å²) >= 11 is 0. The van der Waals surface area contributed by atoms with Crippen molar-refractivity contribution < 1.29 is 0 Å². The summed E-state index contributed by atoms with van der Waals surface area (Å²) in [6, 6.07) is 7.30. The quantitative estimate of drug-likeness (QED) is 0.775. The van der Waals surface area contributed by atoms with Crippen LogP contribution in [0, 0.1) is 0 Å².